The lowest BCUT2D eigenvalue weighted by molar-refractivity contribution is 1.27. The maximum absolute atomic E-state index is 4.23. The van der Waals surface area contributed by atoms with Crippen LogP contribution in [0, 0.1) is 13.0 Å². The van der Waals surface area contributed by atoms with Gasteiger partial charge in [-0.3, -0.25) is 0 Å². The maximum atomic E-state index is 4.23. The third kappa shape index (κ3) is 1.49. The van der Waals surface area contributed by atoms with Crippen LogP contribution < -0.4 is 0 Å². The number of hydrogen-bond donors (Lipinski definition) is 1. The van der Waals surface area contributed by atoms with E-state index in [0.717, 1.165) is 14.9 Å². The molecule has 0 amide bonds. The minimum absolute atomic E-state index is 0.970. The van der Waals surface area contributed by atoms with Crippen molar-refractivity contribution >= 4 is 28.6 Å². The van der Waals surface area contributed by atoms with E-state index >= 15 is 0 Å². The monoisotopic (exact) mass is 201 g/mol. The molecule has 0 bridgehead atoms. The molecule has 47 valence electrons. The van der Waals surface area contributed by atoms with Gasteiger partial charge in [0, 0.05) is 9.37 Å². The third-order valence-electron chi connectivity index (χ3n) is 1.11. The van der Waals surface area contributed by atoms with Crippen LogP contribution in [0.5, 0.6) is 0 Å². The van der Waals surface area contributed by atoms with Crippen molar-refractivity contribution < 1.29 is 0 Å². The van der Waals surface area contributed by atoms with Crippen molar-refractivity contribution in [1.29, 1.82) is 0 Å². The average Bonchev–Trinajstić information content (AvgIpc) is 1.83. The van der Waals surface area contributed by atoms with Gasteiger partial charge in [0.05, 0.1) is 0 Å². The first-order valence-electron chi connectivity index (χ1n) is 2.57. The zero-order valence-corrected chi connectivity index (χ0v) is 7.46. The van der Waals surface area contributed by atoms with Gasteiger partial charge in [-0.15, -0.1) is 12.6 Å². The number of benzene rings is 1. The van der Waals surface area contributed by atoms with Crippen LogP contribution in [-0.4, -0.2) is 0 Å². The molecule has 9 heavy (non-hydrogen) atoms. The predicted octanol–water partition coefficient (Wildman–Crippen LogP) is 2.85. The summed E-state index contributed by atoms with van der Waals surface area (Å²) in [4.78, 5) is 0.970. The van der Waals surface area contributed by atoms with E-state index < -0.39 is 0 Å². The second-order valence-electron chi connectivity index (χ2n) is 1.80. The quantitative estimate of drug-likeness (QED) is 0.614. The summed E-state index contributed by atoms with van der Waals surface area (Å²) in [6, 6.07) is 6.83. The van der Waals surface area contributed by atoms with Crippen LogP contribution in [0.1, 0.15) is 5.56 Å². The normalized spacial score (nSPS) is 9.67. The second-order valence-corrected chi connectivity index (χ2v) is 3.10. The largest absolute Gasteiger partial charge is 0.142 e. The van der Waals surface area contributed by atoms with E-state index in [1.807, 2.05) is 19.1 Å². The van der Waals surface area contributed by atoms with Crippen molar-refractivity contribution in [3.05, 3.63) is 28.2 Å². The maximum Gasteiger partial charge on any atom is 0.0311 e. The van der Waals surface area contributed by atoms with Gasteiger partial charge >= 0.3 is 0 Å². The molecule has 0 aliphatic carbocycles. The Hall–Kier alpha value is 0.0500. The summed E-state index contributed by atoms with van der Waals surface area (Å²) in [5.74, 6) is 0. The summed E-state index contributed by atoms with van der Waals surface area (Å²) in [6.45, 7) is 1.98. The van der Waals surface area contributed by atoms with Gasteiger partial charge in [-0.2, -0.15) is 0 Å². The minimum Gasteiger partial charge on any atom is -0.142 e. The Morgan fingerprint density at radius 1 is 1.67 bits per heavy atom. The van der Waals surface area contributed by atoms with Gasteiger partial charge < -0.3 is 0 Å². The highest BCUT2D eigenvalue weighted by Gasteiger charge is 1.95. The van der Waals surface area contributed by atoms with Gasteiger partial charge in [0.25, 0.3) is 0 Å². The van der Waals surface area contributed by atoms with Gasteiger partial charge in [-0.1, -0.05) is 6.07 Å². The molecule has 0 saturated carbocycles. The van der Waals surface area contributed by atoms with E-state index in [1.54, 1.807) is 0 Å². The standard InChI is InChI=1S/C7H6BrS/c1-5-3-2-4-6(8)7(5)9/h2,4,9H,1H3. The smallest absolute Gasteiger partial charge is 0.0311 e. The number of rotatable bonds is 0. The van der Waals surface area contributed by atoms with Crippen molar-refractivity contribution in [3.63, 3.8) is 0 Å². The SMILES string of the molecule is Cc1[c]ccc(Br)c1S. The van der Waals surface area contributed by atoms with Gasteiger partial charge in [0.2, 0.25) is 0 Å². The van der Waals surface area contributed by atoms with Crippen molar-refractivity contribution in [1.82, 2.24) is 0 Å². The van der Waals surface area contributed by atoms with E-state index in [0.29, 0.717) is 0 Å². The highest BCUT2D eigenvalue weighted by atomic mass is 79.9. The van der Waals surface area contributed by atoms with Gasteiger partial charge in [0.15, 0.2) is 0 Å². The van der Waals surface area contributed by atoms with Gasteiger partial charge in [-0.25, -0.2) is 0 Å². The average molecular weight is 202 g/mol. The Balaban J connectivity index is 3.25. The lowest BCUT2D eigenvalue weighted by atomic mass is 10.2. The number of halogens is 1. The molecule has 1 radical (unpaired) electrons. The molecule has 0 aliphatic heterocycles. The first kappa shape index (κ1) is 7.16. The van der Waals surface area contributed by atoms with Crippen LogP contribution in [0.15, 0.2) is 21.5 Å². The number of thiol groups is 1. The van der Waals surface area contributed by atoms with Crippen LogP contribution in [0.2, 0.25) is 0 Å². The third-order valence-corrected chi connectivity index (χ3v) is 2.65. The van der Waals surface area contributed by atoms with Crippen molar-refractivity contribution in [2.45, 2.75) is 11.8 Å². The van der Waals surface area contributed by atoms with Gasteiger partial charge in [-0.05, 0) is 40.5 Å². The molecule has 2 heteroatoms. The lowest BCUT2D eigenvalue weighted by Crippen LogP contribution is -1.75. The molecule has 0 unspecified atom stereocenters. The molecule has 0 nitrogen and oxygen atoms in total. The molecule has 0 saturated heterocycles. The van der Waals surface area contributed by atoms with Crippen molar-refractivity contribution in [3.8, 4) is 0 Å². The Labute approximate surface area is 68.8 Å². The Morgan fingerprint density at radius 3 is 2.78 bits per heavy atom. The molecule has 0 spiro atoms. The van der Waals surface area contributed by atoms with E-state index in [9.17, 15) is 0 Å². The first-order chi connectivity index (χ1) is 4.22. The van der Waals surface area contributed by atoms with E-state index in [4.69, 9.17) is 0 Å². The molecule has 0 N–H and O–H groups in total. The van der Waals surface area contributed by atoms with Crippen LogP contribution in [-0.2, 0) is 0 Å². The Bertz CT molecular complexity index is 200. The molecule has 0 aromatic heterocycles. The summed E-state index contributed by atoms with van der Waals surface area (Å²) in [7, 11) is 0. The molecule has 0 heterocycles. The topological polar surface area (TPSA) is 0 Å². The fourth-order valence-electron chi connectivity index (χ4n) is 0.566. The minimum atomic E-state index is 0.970. The highest BCUT2D eigenvalue weighted by molar-refractivity contribution is 9.10. The summed E-state index contributed by atoms with van der Waals surface area (Å²) in [6.07, 6.45) is 0. The Kier molecular flexibility index (Phi) is 2.19. The molecule has 1 aromatic carbocycles. The molecular weight excluding hydrogens is 196 g/mol. The number of aryl methyl sites for hydroxylation is 1. The molecular formula is C7H6BrS. The molecule has 0 aliphatic rings. The molecule has 1 aromatic rings. The lowest BCUT2D eigenvalue weighted by Gasteiger charge is -1.97. The zero-order valence-electron chi connectivity index (χ0n) is 4.98. The fourth-order valence-corrected chi connectivity index (χ4v) is 1.13. The second kappa shape index (κ2) is 2.76. The van der Waals surface area contributed by atoms with Crippen LogP contribution >= 0.6 is 28.6 Å². The van der Waals surface area contributed by atoms with E-state index in [-0.39, 0.29) is 0 Å². The summed E-state index contributed by atoms with van der Waals surface area (Å²) in [5.41, 5.74) is 1.08. The van der Waals surface area contributed by atoms with Crippen LogP contribution in [0.3, 0.4) is 0 Å². The van der Waals surface area contributed by atoms with Crippen molar-refractivity contribution in [2.24, 2.45) is 0 Å². The summed E-state index contributed by atoms with van der Waals surface area (Å²) in [5, 5.41) is 0. The molecule has 0 atom stereocenters. The van der Waals surface area contributed by atoms with E-state index in [2.05, 4.69) is 34.6 Å². The van der Waals surface area contributed by atoms with Crippen LogP contribution in [0.25, 0.3) is 0 Å². The number of hydrogen-bond acceptors (Lipinski definition) is 1. The first-order valence-corrected chi connectivity index (χ1v) is 3.81. The van der Waals surface area contributed by atoms with Crippen molar-refractivity contribution in [2.75, 3.05) is 0 Å². The predicted molar refractivity (Wildman–Crippen MR) is 45.0 cm³/mol. The molecule has 0 fully saturated rings. The molecule has 1 rings (SSSR count). The summed E-state index contributed by atoms with van der Waals surface area (Å²) < 4.78 is 1.03. The van der Waals surface area contributed by atoms with Gasteiger partial charge in [0.1, 0.15) is 0 Å². The Morgan fingerprint density at radius 2 is 2.33 bits per heavy atom. The van der Waals surface area contributed by atoms with Crippen LogP contribution in [0.4, 0.5) is 0 Å². The zero-order chi connectivity index (χ0) is 6.85. The highest BCUT2D eigenvalue weighted by Crippen LogP contribution is 2.22. The summed E-state index contributed by atoms with van der Waals surface area (Å²) >= 11 is 7.58. The fraction of sp³-hybridized carbons (Fsp3) is 0.143. The van der Waals surface area contributed by atoms with E-state index in [1.165, 1.54) is 0 Å².